The molecule has 1 aromatic rings. The molecule has 2 atom stereocenters. The predicted molar refractivity (Wildman–Crippen MR) is 66.2 cm³/mol. The van der Waals surface area contributed by atoms with Crippen LogP contribution in [0.2, 0.25) is 5.02 Å². The van der Waals surface area contributed by atoms with Gasteiger partial charge in [-0.15, -0.1) is 11.6 Å². The van der Waals surface area contributed by atoms with Gasteiger partial charge in [-0.2, -0.15) is 0 Å². The summed E-state index contributed by atoms with van der Waals surface area (Å²) in [5.41, 5.74) is 0.266. The van der Waals surface area contributed by atoms with Gasteiger partial charge >= 0.3 is 0 Å². The zero-order valence-corrected chi connectivity index (χ0v) is 10.6. The van der Waals surface area contributed by atoms with Crippen molar-refractivity contribution in [3.8, 4) is 0 Å². The Labute approximate surface area is 109 Å². The Morgan fingerprint density at radius 3 is 2.76 bits per heavy atom. The number of carbonyl (C=O) groups is 1. The van der Waals surface area contributed by atoms with Gasteiger partial charge in [0.2, 0.25) is 0 Å². The number of benzene rings is 1. The van der Waals surface area contributed by atoms with E-state index in [4.69, 9.17) is 23.2 Å². The lowest BCUT2D eigenvalue weighted by molar-refractivity contribution is 0.0938. The summed E-state index contributed by atoms with van der Waals surface area (Å²) < 4.78 is 13.2. The molecular formula is C12H12Cl2FNO. The fourth-order valence-corrected chi connectivity index (χ4v) is 2.43. The molecule has 1 aliphatic carbocycles. The van der Waals surface area contributed by atoms with Crippen LogP contribution in [0, 0.1) is 5.82 Å². The zero-order chi connectivity index (χ0) is 12.4. The number of rotatable bonds is 2. The summed E-state index contributed by atoms with van der Waals surface area (Å²) in [7, 11) is 0. The highest BCUT2D eigenvalue weighted by atomic mass is 35.5. The lowest BCUT2D eigenvalue weighted by Gasteiger charge is -2.15. The van der Waals surface area contributed by atoms with Crippen LogP contribution in [-0.4, -0.2) is 17.3 Å². The molecule has 0 spiro atoms. The first-order valence-electron chi connectivity index (χ1n) is 5.48. The number of carbonyl (C=O) groups excluding carboxylic acids is 1. The molecule has 1 fully saturated rings. The number of halogens is 3. The van der Waals surface area contributed by atoms with Crippen LogP contribution in [0.25, 0.3) is 0 Å². The van der Waals surface area contributed by atoms with Gasteiger partial charge in [0.05, 0.1) is 10.4 Å². The average molecular weight is 276 g/mol. The van der Waals surface area contributed by atoms with E-state index in [0.29, 0.717) is 0 Å². The molecule has 2 nitrogen and oxygen atoms in total. The molecule has 0 radical (unpaired) electrons. The minimum Gasteiger partial charge on any atom is -0.348 e. The predicted octanol–water partition coefficient (Wildman–Crippen LogP) is 3.37. The van der Waals surface area contributed by atoms with E-state index < -0.39 is 5.82 Å². The van der Waals surface area contributed by atoms with Crippen molar-refractivity contribution in [1.29, 1.82) is 0 Å². The number of nitrogens with one attached hydrogen (secondary N) is 1. The molecule has 92 valence electrons. The second-order valence-corrected chi connectivity index (χ2v) is 5.12. The number of alkyl halides is 1. The lowest BCUT2D eigenvalue weighted by Crippen LogP contribution is -2.37. The molecule has 0 bridgehead atoms. The first-order chi connectivity index (χ1) is 8.08. The third-order valence-corrected chi connectivity index (χ3v) is 3.76. The minimum atomic E-state index is -0.590. The van der Waals surface area contributed by atoms with E-state index in [0.717, 1.165) is 25.3 Å². The quantitative estimate of drug-likeness (QED) is 0.824. The van der Waals surface area contributed by atoms with Crippen molar-refractivity contribution >= 4 is 29.1 Å². The van der Waals surface area contributed by atoms with Crippen LogP contribution in [0.3, 0.4) is 0 Å². The average Bonchev–Trinajstić information content (AvgIpc) is 2.68. The Morgan fingerprint density at radius 2 is 2.18 bits per heavy atom. The summed E-state index contributed by atoms with van der Waals surface area (Å²) in [6.07, 6.45) is 2.78. The summed E-state index contributed by atoms with van der Waals surface area (Å²) in [5, 5.41) is 2.79. The van der Waals surface area contributed by atoms with Crippen LogP contribution < -0.4 is 5.32 Å². The highest BCUT2D eigenvalue weighted by molar-refractivity contribution is 6.30. The number of amides is 1. The van der Waals surface area contributed by atoms with Gasteiger partial charge in [-0.3, -0.25) is 4.79 Å². The third-order valence-electron chi connectivity index (χ3n) is 2.93. The van der Waals surface area contributed by atoms with Crippen molar-refractivity contribution in [2.45, 2.75) is 30.7 Å². The molecule has 1 aliphatic rings. The largest absolute Gasteiger partial charge is 0.348 e. The Morgan fingerprint density at radius 1 is 1.41 bits per heavy atom. The van der Waals surface area contributed by atoms with Crippen molar-refractivity contribution in [2.75, 3.05) is 0 Å². The SMILES string of the molecule is O=C(NC1CCCC1Cl)c1ccc(Cl)c(F)c1. The molecule has 0 saturated heterocycles. The monoisotopic (exact) mass is 275 g/mol. The fourth-order valence-electron chi connectivity index (χ4n) is 1.97. The van der Waals surface area contributed by atoms with Crippen LogP contribution in [-0.2, 0) is 0 Å². The Kier molecular flexibility index (Phi) is 3.89. The first kappa shape index (κ1) is 12.7. The fraction of sp³-hybridized carbons (Fsp3) is 0.417. The highest BCUT2D eigenvalue weighted by Crippen LogP contribution is 2.24. The molecule has 2 rings (SSSR count). The van der Waals surface area contributed by atoms with Crippen LogP contribution in [0.15, 0.2) is 18.2 Å². The number of hydrogen-bond donors (Lipinski definition) is 1. The molecular weight excluding hydrogens is 264 g/mol. The molecule has 0 aliphatic heterocycles. The summed E-state index contributed by atoms with van der Waals surface area (Å²) in [5.74, 6) is -0.897. The highest BCUT2D eigenvalue weighted by Gasteiger charge is 2.27. The first-order valence-corrected chi connectivity index (χ1v) is 6.29. The Hall–Kier alpha value is -0.800. The van der Waals surface area contributed by atoms with Gasteiger partial charge in [-0.1, -0.05) is 11.6 Å². The summed E-state index contributed by atoms with van der Waals surface area (Å²) in [6, 6.07) is 3.98. The molecule has 2 unspecified atom stereocenters. The molecule has 17 heavy (non-hydrogen) atoms. The zero-order valence-electron chi connectivity index (χ0n) is 9.05. The van der Waals surface area contributed by atoms with Gasteiger partial charge in [0.25, 0.3) is 5.91 Å². The van der Waals surface area contributed by atoms with Gasteiger partial charge in [-0.25, -0.2) is 4.39 Å². The smallest absolute Gasteiger partial charge is 0.251 e. The Balaban J connectivity index is 2.06. The van der Waals surface area contributed by atoms with Gasteiger partial charge in [0.15, 0.2) is 0 Å². The van der Waals surface area contributed by atoms with Gasteiger partial charge in [0, 0.05) is 11.6 Å². The summed E-state index contributed by atoms with van der Waals surface area (Å²) in [4.78, 5) is 11.8. The van der Waals surface area contributed by atoms with E-state index in [2.05, 4.69) is 5.32 Å². The normalized spacial score (nSPS) is 23.7. The topological polar surface area (TPSA) is 29.1 Å². The maximum Gasteiger partial charge on any atom is 0.251 e. The van der Waals surface area contributed by atoms with Crippen molar-refractivity contribution in [2.24, 2.45) is 0 Å². The lowest BCUT2D eigenvalue weighted by atomic mass is 10.1. The second-order valence-electron chi connectivity index (χ2n) is 4.16. The van der Waals surface area contributed by atoms with Gasteiger partial charge in [-0.05, 0) is 37.5 Å². The van der Waals surface area contributed by atoms with Crippen LogP contribution >= 0.6 is 23.2 Å². The molecule has 1 N–H and O–H groups in total. The van der Waals surface area contributed by atoms with Crippen molar-refractivity contribution in [3.05, 3.63) is 34.6 Å². The molecule has 1 aromatic carbocycles. The molecule has 1 amide bonds. The summed E-state index contributed by atoms with van der Waals surface area (Å²) >= 11 is 11.6. The second kappa shape index (κ2) is 5.23. The van der Waals surface area contributed by atoms with E-state index in [1.54, 1.807) is 0 Å². The minimum absolute atomic E-state index is 0.0117. The van der Waals surface area contributed by atoms with Gasteiger partial charge in [0.1, 0.15) is 5.82 Å². The van der Waals surface area contributed by atoms with Crippen LogP contribution in [0.1, 0.15) is 29.6 Å². The van der Waals surface area contributed by atoms with E-state index in [1.165, 1.54) is 12.1 Å². The van der Waals surface area contributed by atoms with E-state index in [9.17, 15) is 9.18 Å². The van der Waals surface area contributed by atoms with E-state index in [1.807, 2.05) is 0 Å². The standard InChI is InChI=1S/C12H12Cl2FNO/c13-8-5-4-7(6-10(8)15)12(17)16-11-3-1-2-9(11)14/h4-6,9,11H,1-3H2,(H,16,17). The van der Waals surface area contributed by atoms with Crippen LogP contribution in [0.5, 0.6) is 0 Å². The van der Waals surface area contributed by atoms with Crippen molar-refractivity contribution in [3.63, 3.8) is 0 Å². The van der Waals surface area contributed by atoms with E-state index in [-0.39, 0.29) is 27.9 Å². The Bertz CT molecular complexity index is 439. The van der Waals surface area contributed by atoms with Crippen molar-refractivity contribution in [1.82, 2.24) is 5.32 Å². The molecule has 5 heteroatoms. The molecule has 0 heterocycles. The summed E-state index contributed by atoms with van der Waals surface area (Å²) in [6.45, 7) is 0. The van der Waals surface area contributed by atoms with Gasteiger partial charge < -0.3 is 5.32 Å². The molecule has 1 saturated carbocycles. The molecule has 0 aromatic heterocycles. The maximum absolute atomic E-state index is 13.2. The van der Waals surface area contributed by atoms with Crippen molar-refractivity contribution < 1.29 is 9.18 Å². The van der Waals surface area contributed by atoms with E-state index >= 15 is 0 Å². The maximum atomic E-state index is 13.2. The third kappa shape index (κ3) is 2.90. The number of hydrogen-bond acceptors (Lipinski definition) is 1. The van der Waals surface area contributed by atoms with Crippen LogP contribution in [0.4, 0.5) is 4.39 Å².